The van der Waals surface area contributed by atoms with E-state index in [-0.39, 0.29) is 11.3 Å². The molecular formula is C27H26N2O3. The van der Waals surface area contributed by atoms with Gasteiger partial charge in [-0.25, -0.2) is 9.59 Å². The summed E-state index contributed by atoms with van der Waals surface area (Å²) in [7, 11) is 0. The van der Waals surface area contributed by atoms with Crippen LogP contribution >= 0.6 is 0 Å². The lowest BCUT2D eigenvalue weighted by Gasteiger charge is -2.10. The number of carboxylic acid groups (broad SMARTS) is 1. The second-order valence-electron chi connectivity index (χ2n) is 7.87. The van der Waals surface area contributed by atoms with E-state index in [9.17, 15) is 14.7 Å². The molecule has 0 spiro atoms. The van der Waals surface area contributed by atoms with Crippen LogP contribution in [0.5, 0.6) is 0 Å². The lowest BCUT2D eigenvalue weighted by Crippen LogP contribution is -2.25. The predicted molar refractivity (Wildman–Crippen MR) is 127 cm³/mol. The van der Waals surface area contributed by atoms with Crippen molar-refractivity contribution in [3.05, 3.63) is 112 Å². The van der Waals surface area contributed by atoms with Crippen molar-refractivity contribution in [2.24, 2.45) is 0 Å². The molecule has 0 bridgehead atoms. The maximum absolute atomic E-state index is 13.4. The van der Waals surface area contributed by atoms with Gasteiger partial charge in [0.05, 0.1) is 17.8 Å². The second kappa shape index (κ2) is 9.10. The van der Waals surface area contributed by atoms with E-state index in [2.05, 4.69) is 6.92 Å². The highest BCUT2D eigenvalue weighted by atomic mass is 16.4. The summed E-state index contributed by atoms with van der Waals surface area (Å²) in [4.78, 5) is 24.9. The summed E-state index contributed by atoms with van der Waals surface area (Å²) in [5, 5.41) is 9.47. The van der Waals surface area contributed by atoms with Crippen LogP contribution in [0.25, 0.3) is 16.8 Å². The van der Waals surface area contributed by atoms with E-state index in [0.717, 1.165) is 41.0 Å². The average molecular weight is 427 g/mol. The Morgan fingerprint density at radius 1 is 0.906 bits per heavy atom. The van der Waals surface area contributed by atoms with Crippen molar-refractivity contribution in [1.82, 2.24) is 9.13 Å². The number of benzene rings is 3. The monoisotopic (exact) mass is 426 g/mol. The summed E-state index contributed by atoms with van der Waals surface area (Å²) in [5.41, 5.74) is 5.62. The normalized spacial score (nSPS) is 10.9. The molecule has 0 atom stereocenters. The fourth-order valence-electron chi connectivity index (χ4n) is 4.19. The Labute approximate surface area is 187 Å². The van der Waals surface area contributed by atoms with Crippen molar-refractivity contribution in [1.29, 1.82) is 0 Å². The molecule has 0 saturated carbocycles. The minimum atomic E-state index is -0.946. The highest BCUT2D eigenvalue weighted by Crippen LogP contribution is 2.25. The smallest absolute Gasteiger partial charge is 0.336 e. The molecule has 0 amide bonds. The number of imidazole rings is 1. The predicted octanol–water partition coefficient (Wildman–Crippen LogP) is 5.31. The molecule has 1 aromatic heterocycles. The molecule has 5 nitrogen and oxygen atoms in total. The third-order valence-electron chi connectivity index (χ3n) is 5.77. The molecule has 1 N–H and O–H groups in total. The van der Waals surface area contributed by atoms with Crippen LogP contribution in [0.2, 0.25) is 0 Å². The van der Waals surface area contributed by atoms with Gasteiger partial charge in [0.2, 0.25) is 0 Å². The Bertz CT molecular complexity index is 1300. The molecule has 0 aliphatic carbocycles. The number of rotatable bonds is 7. The molecule has 0 aliphatic rings. The topological polar surface area (TPSA) is 64.2 Å². The standard InChI is InChI=1S/C27H26N2O3/c1-3-9-25-19(2)29(22-10-5-4-6-11-22)27(32)28(25)18-20-14-16-21(17-15-20)23-12-7-8-13-24(23)26(30)31/h4-8,10-17H,3,9,18H2,1-2H3,(H,30,31). The summed E-state index contributed by atoms with van der Waals surface area (Å²) in [6, 6.07) is 24.5. The molecule has 0 aliphatic heterocycles. The first-order chi connectivity index (χ1) is 15.5. The van der Waals surface area contributed by atoms with Crippen molar-refractivity contribution >= 4 is 5.97 Å². The molecule has 0 saturated heterocycles. The van der Waals surface area contributed by atoms with Crippen molar-refractivity contribution in [2.75, 3.05) is 0 Å². The Morgan fingerprint density at radius 2 is 1.56 bits per heavy atom. The van der Waals surface area contributed by atoms with Crippen molar-refractivity contribution < 1.29 is 9.90 Å². The summed E-state index contributed by atoms with van der Waals surface area (Å²) in [5.74, 6) is -0.946. The van der Waals surface area contributed by atoms with Crippen molar-refractivity contribution in [3.63, 3.8) is 0 Å². The molecular weight excluding hydrogens is 400 g/mol. The van der Waals surface area contributed by atoms with E-state index >= 15 is 0 Å². The van der Waals surface area contributed by atoms with E-state index in [1.165, 1.54) is 0 Å². The summed E-state index contributed by atoms with van der Waals surface area (Å²) >= 11 is 0. The third kappa shape index (κ3) is 4.02. The van der Waals surface area contributed by atoms with Crippen LogP contribution in [0.15, 0.2) is 83.7 Å². The zero-order chi connectivity index (χ0) is 22.7. The van der Waals surface area contributed by atoms with Crippen LogP contribution in [-0.4, -0.2) is 20.2 Å². The lowest BCUT2D eigenvalue weighted by molar-refractivity contribution is 0.0697. The Balaban J connectivity index is 1.71. The van der Waals surface area contributed by atoms with Crippen LogP contribution < -0.4 is 5.69 Å². The number of hydrogen-bond donors (Lipinski definition) is 1. The van der Waals surface area contributed by atoms with Gasteiger partial charge in [-0.1, -0.05) is 74.0 Å². The van der Waals surface area contributed by atoms with Gasteiger partial charge in [0.15, 0.2) is 0 Å². The van der Waals surface area contributed by atoms with Gasteiger partial charge < -0.3 is 5.11 Å². The van der Waals surface area contributed by atoms with E-state index < -0.39 is 5.97 Å². The third-order valence-corrected chi connectivity index (χ3v) is 5.77. The number of carbonyl (C=O) groups is 1. The van der Waals surface area contributed by atoms with Gasteiger partial charge in [-0.15, -0.1) is 0 Å². The maximum atomic E-state index is 13.4. The van der Waals surface area contributed by atoms with Crippen LogP contribution in [0, 0.1) is 6.92 Å². The molecule has 5 heteroatoms. The van der Waals surface area contributed by atoms with Crippen molar-refractivity contribution in [2.45, 2.75) is 33.2 Å². The number of aromatic carboxylic acids is 1. The first-order valence-electron chi connectivity index (χ1n) is 10.8. The average Bonchev–Trinajstić information content (AvgIpc) is 3.04. The van der Waals surface area contributed by atoms with Gasteiger partial charge in [0.25, 0.3) is 0 Å². The summed E-state index contributed by atoms with van der Waals surface area (Å²) in [6.45, 7) is 4.58. The number of aromatic nitrogens is 2. The zero-order valence-electron chi connectivity index (χ0n) is 18.3. The minimum Gasteiger partial charge on any atom is -0.478 e. The first-order valence-corrected chi connectivity index (χ1v) is 10.8. The molecule has 3 aromatic carbocycles. The molecule has 0 fully saturated rings. The molecule has 162 valence electrons. The molecule has 32 heavy (non-hydrogen) atoms. The van der Waals surface area contributed by atoms with Gasteiger partial charge in [0, 0.05) is 11.4 Å². The highest BCUT2D eigenvalue weighted by Gasteiger charge is 2.18. The largest absolute Gasteiger partial charge is 0.478 e. The molecule has 0 unspecified atom stereocenters. The van der Waals surface area contributed by atoms with Gasteiger partial charge in [-0.2, -0.15) is 0 Å². The molecule has 4 aromatic rings. The Kier molecular flexibility index (Phi) is 6.08. The van der Waals surface area contributed by atoms with E-state index in [1.54, 1.807) is 16.7 Å². The number of carboxylic acids is 1. The van der Waals surface area contributed by atoms with Gasteiger partial charge in [-0.05, 0) is 48.2 Å². The number of para-hydroxylation sites is 1. The zero-order valence-corrected chi connectivity index (χ0v) is 18.3. The lowest BCUT2D eigenvalue weighted by atomic mass is 9.99. The van der Waals surface area contributed by atoms with E-state index in [0.29, 0.717) is 12.1 Å². The van der Waals surface area contributed by atoms with Gasteiger partial charge in [0.1, 0.15) is 0 Å². The summed E-state index contributed by atoms with van der Waals surface area (Å²) < 4.78 is 3.63. The molecule has 4 rings (SSSR count). The Hall–Kier alpha value is -3.86. The van der Waals surface area contributed by atoms with Gasteiger partial charge in [-0.3, -0.25) is 9.13 Å². The number of hydrogen-bond acceptors (Lipinski definition) is 2. The van der Waals surface area contributed by atoms with Crippen LogP contribution in [-0.2, 0) is 13.0 Å². The van der Waals surface area contributed by atoms with E-state index in [1.807, 2.05) is 78.2 Å². The minimum absolute atomic E-state index is 0.0440. The highest BCUT2D eigenvalue weighted by molar-refractivity contribution is 5.95. The van der Waals surface area contributed by atoms with E-state index in [4.69, 9.17) is 0 Å². The molecule has 1 heterocycles. The maximum Gasteiger partial charge on any atom is 0.336 e. The SMILES string of the molecule is CCCc1c(C)n(-c2ccccc2)c(=O)n1Cc1ccc(-c2ccccc2C(=O)O)cc1. The fraction of sp³-hybridized carbons (Fsp3) is 0.185. The quantitative estimate of drug-likeness (QED) is 0.435. The number of nitrogens with zero attached hydrogens (tertiary/aromatic N) is 2. The Morgan fingerprint density at radius 3 is 2.22 bits per heavy atom. The molecule has 0 radical (unpaired) electrons. The fourth-order valence-corrected chi connectivity index (χ4v) is 4.19. The van der Waals surface area contributed by atoms with Crippen LogP contribution in [0.1, 0.15) is 40.7 Å². The first kappa shape index (κ1) is 21.4. The second-order valence-corrected chi connectivity index (χ2v) is 7.87. The summed E-state index contributed by atoms with van der Waals surface area (Å²) in [6.07, 6.45) is 1.77. The van der Waals surface area contributed by atoms with Gasteiger partial charge >= 0.3 is 11.7 Å². The van der Waals surface area contributed by atoms with Crippen LogP contribution in [0.4, 0.5) is 0 Å². The van der Waals surface area contributed by atoms with Crippen LogP contribution in [0.3, 0.4) is 0 Å². The van der Waals surface area contributed by atoms with Crippen molar-refractivity contribution in [3.8, 4) is 16.8 Å².